The molecule has 0 bridgehead atoms. The van der Waals surface area contributed by atoms with Gasteiger partial charge >= 0.3 is 29.8 Å². The molecule has 0 aliphatic rings. The first-order chi connectivity index (χ1) is 21.4. The quantitative estimate of drug-likeness (QED) is 0.132. The fourth-order valence-electron chi connectivity index (χ4n) is 2.60. The number of ether oxygens (including phenoxy) is 2. The van der Waals surface area contributed by atoms with Gasteiger partial charge in [0.1, 0.15) is 12.4 Å². The number of rotatable bonds is 11. The van der Waals surface area contributed by atoms with E-state index < -0.39 is 29.8 Å². The van der Waals surface area contributed by atoms with Crippen molar-refractivity contribution in [3.05, 3.63) is 94.6 Å². The Labute approximate surface area is 252 Å². The largest absolute Gasteiger partial charge is 0.475 e. The lowest BCUT2D eigenvalue weighted by Crippen LogP contribution is -2.03. The predicted molar refractivity (Wildman–Crippen MR) is 145 cm³/mol. The number of hydrogen-bond donors (Lipinski definition) is 4. The fraction of sp³-hybridized carbons (Fsp3) is 0.179. The molecule has 17 heteroatoms. The van der Waals surface area contributed by atoms with Crippen molar-refractivity contribution in [2.24, 2.45) is 0 Å². The van der Waals surface area contributed by atoms with Crippen molar-refractivity contribution >= 4 is 42.4 Å². The van der Waals surface area contributed by atoms with E-state index in [1.165, 1.54) is 24.3 Å². The minimum Gasteiger partial charge on any atom is -0.475 e. The predicted octanol–water partition coefficient (Wildman–Crippen LogP) is 4.25. The van der Waals surface area contributed by atoms with Gasteiger partial charge in [0, 0.05) is 6.61 Å². The molecule has 0 unspecified atom stereocenters. The molecule has 0 aliphatic carbocycles. The van der Waals surface area contributed by atoms with E-state index >= 15 is 0 Å². The molecule has 4 N–H and O–H groups in total. The molecule has 0 atom stereocenters. The summed E-state index contributed by atoms with van der Waals surface area (Å²) in [6, 6.07) is 10.5. The molecule has 0 fully saturated rings. The van der Waals surface area contributed by atoms with Crippen LogP contribution in [0.5, 0.6) is 0 Å². The molecule has 0 aromatic carbocycles. The third-order valence-corrected chi connectivity index (χ3v) is 4.52. The van der Waals surface area contributed by atoms with Gasteiger partial charge in [-0.1, -0.05) is 0 Å². The lowest BCUT2D eigenvalue weighted by atomic mass is 10.4. The summed E-state index contributed by atoms with van der Waals surface area (Å²) >= 11 is 0. The number of furan rings is 4. The number of aromatic carboxylic acids is 4. The number of carboxylic acids is 4. The third kappa shape index (κ3) is 13.1. The molecular weight excluding hydrogens is 608 g/mol. The molecule has 4 aromatic rings. The van der Waals surface area contributed by atoms with E-state index in [-0.39, 0.29) is 41.2 Å². The molecule has 0 aliphatic heterocycles. The summed E-state index contributed by atoms with van der Waals surface area (Å²) in [5, 5.41) is 33.3. The zero-order chi connectivity index (χ0) is 33.9. The van der Waals surface area contributed by atoms with Gasteiger partial charge in [0.2, 0.25) is 28.8 Å². The summed E-state index contributed by atoms with van der Waals surface area (Å²) in [5.74, 6) is -5.88. The Hall–Kier alpha value is -6.23. The molecule has 4 aromatic heterocycles. The van der Waals surface area contributed by atoms with Gasteiger partial charge in [0.15, 0.2) is 24.1 Å². The van der Waals surface area contributed by atoms with Gasteiger partial charge in [-0.25, -0.2) is 24.0 Å². The summed E-state index contributed by atoms with van der Waals surface area (Å²) in [4.78, 5) is 71.9. The highest BCUT2D eigenvalue weighted by atomic mass is 16.5. The van der Waals surface area contributed by atoms with Crippen molar-refractivity contribution in [2.75, 3.05) is 13.2 Å². The van der Waals surface area contributed by atoms with Crippen LogP contribution in [-0.2, 0) is 16.1 Å². The number of carboxylic acid groups (broad SMARTS) is 4. The van der Waals surface area contributed by atoms with Crippen LogP contribution in [0.15, 0.2) is 66.2 Å². The molecule has 17 nitrogen and oxygen atoms in total. The van der Waals surface area contributed by atoms with Crippen LogP contribution in [0, 0.1) is 0 Å². The molecule has 0 saturated carbocycles. The monoisotopic (exact) mass is 634 g/mol. The molecule has 0 radical (unpaired) electrons. The van der Waals surface area contributed by atoms with E-state index in [4.69, 9.17) is 29.6 Å². The average Bonchev–Trinajstić information content (AvgIpc) is 3.83. The Morgan fingerprint density at radius 2 is 0.978 bits per heavy atom. The minimum absolute atomic E-state index is 0.0254. The van der Waals surface area contributed by atoms with Crippen LogP contribution in [0.1, 0.15) is 93.5 Å². The number of esters is 1. The Morgan fingerprint density at radius 3 is 1.33 bits per heavy atom. The van der Waals surface area contributed by atoms with Crippen molar-refractivity contribution in [3.63, 3.8) is 0 Å². The van der Waals surface area contributed by atoms with Crippen LogP contribution in [0.4, 0.5) is 0 Å². The van der Waals surface area contributed by atoms with Gasteiger partial charge in [0.25, 0.3) is 0 Å². The highest BCUT2D eigenvalue weighted by molar-refractivity contribution is 5.90. The van der Waals surface area contributed by atoms with Gasteiger partial charge in [-0.2, -0.15) is 0 Å². The summed E-state index contributed by atoms with van der Waals surface area (Å²) in [5.41, 5.74) is 0. The fourth-order valence-corrected chi connectivity index (χ4v) is 2.60. The number of carbonyl (C=O) groups is 7. The normalized spacial score (nSPS) is 9.56. The van der Waals surface area contributed by atoms with E-state index in [1.54, 1.807) is 19.1 Å². The van der Waals surface area contributed by atoms with Gasteiger partial charge < -0.3 is 47.6 Å². The van der Waals surface area contributed by atoms with E-state index in [1.807, 2.05) is 6.92 Å². The molecule has 4 heterocycles. The maximum Gasteiger partial charge on any atom is 0.374 e. The van der Waals surface area contributed by atoms with Crippen LogP contribution in [-0.4, -0.2) is 76.1 Å². The maximum absolute atomic E-state index is 11.0. The topological polar surface area (TPSA) is 271 Å². The second-order valence-corrected chi connectivity index (χ2v) is 7.65. The molecule has 240 valence electrons. The van der Waals surface area contributed by atoms with Crippen molar-refractivity contribution in [3.8, 4) is 0 Å². The molecule has 4 rings (SSSR count). The first-order valence-electron chi connectivity index (χ1n) is 12.3. The van der Waals surface area contributed by atoms with E-state index in [0.29, 0.717) is 37.3 Å². The summed E-state index contributed by atoms with van der Waals surface area (Å²) in [6.45, 7) is 4.87. The van der Waals surface area contributed by atoms with Crippen LogP contribution < -0.4 is 0 Å². The Kier molecular flexibility index (Phi) is 15.6. The second-order valence-electron chi connectivity index (χ2n) is 7.65. The van der Waals surface area contributed by atoms with Crippen molar-refractivity contribution in [2.45, 2.75) is 20.5 Å². The van der Waals surface area contributed by atoms with Gasteiger partial charge in [-0.05, 0) is 62.4 Å². The zero-order valence-corrected chi connectivity index (χ0v) is 23.5. The molecule has 0 saturated heterocycles. The Morgan fingerprint density at radius 1 is 0.578 bits per heavy atom. The Bertz CT molecular complexity index is 1550. The van der Waals surface area contributed by atoms with Crippen molar-refractivity contribution in [1.29, 1.82) is 0 Å². The average molecular weight is 634 g/mol. The summed E-state index contributed by atoms with van der Waals surface area (Å²) in [7, 11) is 0. The zero-order valence-electron chi connectivity index (χ0n) is 23.5. The molecular formula is C28H26O17. The lowest BCUT2D eigenvalue weighted by Gasteiger charge is -1.95. The van der Waals surface area contributed by atoms with Crippen molar-refractivity contribution in [1.82, 2.24) is 0 Å². The maximum atomic E-state index is 11.0. The summed E-state index contributed by atoms with van der Waals surface area (Å²) < 4.78 is 28.3. The van der Waals surface area contributed by atoms with E-state index in [9.17, 15) is 33.6 Å². The Balaban J connectivity index is 0.000000301. The van der Waals surface area contributed by atoms with Crippen molar-refractivity contribution < 1.29 is 81.1 Å². The third-order valence-electron chi connectivity index (χ3n) is 4.52. The summed E-state index contributed by atoms with van der Waals surface area (Å²) in [6.07, 6.45) is 1.13. The molecule has 0 amide bonds. The minimum atomic E-state index is -1.28. The van der Waals surface area contributed by atoms with E-state index in [0.717, 1.165) is 12.1 Å². The van der Waals surface area contributed by atoms with Crippen LogP contribution in [0.2, 0.25) is 0 Å². The molecule has 45 heavy (non-hydrogen) atoms. The number of hydrogen-bond acceptors (Lipinski definition) is 13. The van der Waals surface area contributed by atoms with Crippen LogP contribution in [0.25, 0.3) is 0 Å². The first kappa shape index (κ1) is 36.8. The van der Waals surface area contributed by atoms with Gasteiger partial charge in [0.05, 0.1) is 6.61 Å². The smallest absolute Gasteiger partial charge is 0.374 e. The highest BCUT2D eigenvalue weighted by Gasteiger charge is 2.15. The first-order valence-corrected chi connectivity index (χ1v) is 12.3. The highest BCUT2D eigenvalue weighted by Crippen LogP contribution is 2.09. The second kappa shape index (κ2) is 19.1. The SMILES string of the molecule is CCOC(=O)c1ccc(C(=O)O)o1.CCOCc1ccc(C=O)o1.O=C(O)c1ccc(C(=O)O)o1.O=Cc1ccc(C(=O)O)o1. The standard InChI is InChI=1S/C8H8O5.C8H10O3.C6H4O5.C6H4O4/c1-2-12-8(11)6-4-3-5(13-6)7(9)10;1-2-10-6-8-4-3-7(5-9)11-8;7-5(8)3-1-2-4(11-3)6(9)10;7-3-4-1-2-5(10-4)6(8)9/h3-4H,2H2,1H3,(H,9,10);3-5H,2,6H2,1H3;1-2H,(H,7,8)(H,9,10);1-3H,(H,8,9). The molecule has 0 spiro atoms. The van der Waals surface area contributed by atoms with Gasteiger partial charge in [-0.3, -0.25) is 9.59 Å². The van der Waals surface area contributed by atoms with Crippen LogP contribution >= 0.6 is 0 Å². The number of aldehydes is 2. The lowest BCUT2D eigenvalue weighted by molar-refractivity contribution is 0.0482. The van der Waals surface area contributed by atoms with Gasteiger partial charge in [-0.15, -0.1) is 0 Å². The van der Waals surface area contributed by atoms with E-state index in [2.05, 4.69) is 18.0 Å². The van der Waals surface area contributed by atoms with Crippen LogP contribution in [0.3, 0.4) is 0 Å². The number of carbonyl (C=O) groups excluding carboxylic acids is 3.